The van der Waals surface area contributed by atoms with Crippen LogP contribution in [-0.4, -0.2) is 10.9 Å². The first-order valence-electron chi connectivity index (χ1n) is 4.40. The summed E-state index contributed by atoms with van der Waals surface area (Å²) in [6, 6.07) is 7.67. The van der Waals surface area contributed by atoms with Gasteiger partial charge in [0.25, 0.3) is 0 Å². The Balaban J connectivity index is 2.54. The lowest BCUT2D eigenvalue weighted by Crippen LogP contribution is -1.94. The SMILES string of the molecule is CC(=O)CCc1ccc(CO)cc1. The van der Waals surface area contributed by atoms with Crippen molar-refractivity contribution in [1.82, 2.24) is 0 Å². The Hall–Kier alpha value is -1.15. The Kier molecular flexibility index (Phi) is 3.65. The largest absolute Gasteiger partial charge is 0.392 e. The fraction of sp³-hybridized carbons (Fsp3) is 0.364. The maximum absolute atomic E-state index is 10.7. The van der Waals surface area contributed by atoms with Crippen LogP contribution in [0.15, 0.2) is 24.3 Å². The van der Waals surface area contributed by atoms with Gasteiger partial charge in [0.2, 0.25) is 0 Å². The summed E-state index contributed by atoms with van der Waals surface area (Å²) >= 11 is 0. The molecule has 0 saturated carbocycles. The standard InChI is InChI=1S/C11H14O2/c1-9(13)2-3-10-4-6-11(8-12)7-5-10/h4-7,12H,2-3,8H2,1H3. The number of ketones is 1. The molecule has 2 nitrogen and oxygen atoms in total. The molecule has 0 aliphatic heterocycles. The van der Waals surface area contributed by atoms with Crippen molar-refractivity contribution in [2.45, 2.75) is 26.4 Å². The molecular formula is C11H14O2. The summed E-state index contributed by atoms with van der Waals surface area (Å²) in [5, 5.41) is 8.79. The number of rotatable bonds is 4. The minimum Gasteiger partial charge on any atom is -0.392 e. The lowest BCUT2D eigenvalue weighted by Gasteiger charge is -2.00. The van der Waals surface area contributed by atoms with Gasteiger partial charge in [0, 0.05) is 6.42 Å². The molecule has 0 fully saturated rings. The van der Waals surface area contributed by atoms with E-state index in [-0.39, 0.29) is 12.4 Å². The van der Waals surface area contributed by atoms with E-state index in [2.05, 4.69) is 0 Å². The summed E-state index contributed by atoms with van der Waals surface area (Å²) < 4.78 is 0. The van der Waals surface area contributed by atoms with Crippen molar-refractivity contribution in [3.05, 3.63) is 35.4 Å². The lowest BCUT2D eigenvalue weighted by atomic mass is 10.1. The molecule has 0 aliphatic rings. The molecule has 0 spiro atoms. The predicted molar refractivity (Wildman–Crippen MR) is 51.4 cm³/mol. The van der Waals surface area contributed by atoms with Crippen LogP contribution in [0.5, 0.6) is 0 Å². The highest BCUT2D eigenvalue weighted by molar-refractivity contribution is 5.75. The average Bonchev–Trinajstić information content (AvgIpc) is 2.15. The quantitative estimate of drug-likeness (QED) is 0.762. The smallest absolute Gasteiger partial charge is 0.130 e. The van der Waals surface area contributed by atoms with Gasteiger partial charge in [0.15, 0.2) is 0 Å². The van der Waals surface area contributed by atoms with Gasteiger partial charge in [-0.05, 0) is 24.5 Å². The Bertz CT molecular complexity index is 275. The van der Waals surface area contributed by atoms with Gasteiger partial charge in [-0.2, -0.15) is 0 Å². The summed E-state index contributed by atoms with van der Waals surface area (Å²) in [4.78, 5) is 10.7. The van der Waals surface area contributed by atoms with Gasteiger partial charge in [-0.1, -0.05) is 24.3 Å². The van der Waals surface area contributed by atoms with Crippen molar-refractivity contribution >= 4 is 5.78 Å². The van der Waals surface area contributed by atoms with Gasteiger partial charge in [-0.15, -0.1) is 0 Å². The van der Waals surface area contributed by atoms with Gasteiger partial charge in [-0.25, -0.2) is 0 Å². The Morgan fingerprint density at radius 3 is 2.23 bits per heavy atom. The van der Waals surface area contributed by atoms with Crippen molar-refractivity contribution in [2.75, 3.05) is 0 Å². The maximum Gasteiger partial charge on any atom is 0.130 e. The van der Waals surface area contributed by atoms with E-state index in [4.69, 9.17) is 5.11 Å². The van der Waals surface area contributed by atoms with Crippen LogP contribution >= 0.6 is 0 Å². The van der Waals surface area contributed by atoms with Crippen LogP contribution in [0.25, 0.3) is 0 Å². The molecule has 70 valence electrons. The van der Waals surface area contributed by atoms with Crippen molar-refractivity contribution in [2.24, 2.45) is 0 Å². The highest BCUT2D eigenvalue weighted by atomic mass is 16.3. The highest BCUT2D eigenvalue weighted by Gasteiger charge is 1.96. The van der Waals surface area contributed by atoms with E-state index in [1.54, 1.807) is 6.92 Å². The van der Waals surface area contributed by atoms with Gasteiger partial charge < -0.3 is 9.90 Å². The molecule has 1 aromatic rings. The van der Waals surface area contributed by atoms with Crippen LogP contribution in [0.4, 0.5) is 0 Å². The summed E-state index contributed by atoms with van der Waals surface area (Å²) in [5.74, 6) is 0.214. The summed E-state index contributed by atoms with van der Waals surface area (Å²) in [6.07, 6.45) is 1.39. The van der Waals surface area contributed by atoms with E-state index in [1.165, 1.54) is 0 Å². The zero-order valence-electron chi connectivity index (χ0n) is 7.79. The van der Waals surface area contributed by atoms with Crippen molar-refractivity contribution in [3.63, 3.8) is 0 Å². The summed E-state index contributed by atoms with van der Waals surface area (Å²) in [7, 11) is 0. The molecule has 0 radical (unpaired) electrons. The first-order valence-corrected chi connectivity index (χ1v) is 4.40. The molecule has 0 atom stereocenters. The zero-order valence-corrected chi connectivity index (χ0v) is 7.79. The number of carbonyl (C=O) groups is 1. The molecule has 1 N–H and O–H groups in total. The monoisotopic (exact) mass is 178 g/mol. The van der Waals surface area contributed by atoms with Gasteiger partial charge in [0.05, 0.1) is 6.61 Å². The van der Waals surface area contributed by atoms with Gasteiger partial charge in [-0.3, -0.25) is 0 Å². The number of benzene rings is 1. The zero-order chi connectivity index (χ0) is 9.68. The highest BCUT2D eigenvalue weighted by Crippen LogP contribution is 2.06. The topological polar surface area (TPSA) is 37.3 Å². The number of aryl methyl sites for hydroxylation is 1. The van der Waals surface area contributed by atoms with Gasteiger partial charge in [0.1, 0.15) is 5.78 Å². The molecule has 1 aromatic carbocycles. The first kappa shape index (κ1) is 9.93. The molecule has 0 aromatic heterocycles. The fourth-order valence-corrected chi connectivity index (χ4v) is 1.13. The van der Waals surface area contributed by atoms with E-state index in [9.17, 15) is 4.79 Å². The molecular weight excluding hydrogens is 164 g/mol. The molecule has 1 rings (SSSR count). The summed E-state index contributed by atoms with van der Waals surface area (Å²) in [5.41, 5.74) is 2.05. The second kappa shape index (κ2) is 4.77. The third-order valence-electron chi connectivity index (χ3n) is 1.97. The number of Topliss-reactive ketones (excluding diaryl/α,β-unsaturated/α-hetero) is 1. The number of hydrogen-bond donors (Lipinski definition) is 1. The van der Waals surface area contributed by atoms with Crippen LogP contribution < -0.4 is 0 Å². The first-order chi connectivity index (χ1) is 6.22. The number of aliphatic hydroxyl groups is 1. The van der Waals surface area contributed by atoms with Crippen molar-refractivity contribution in [1.29, 1.82) is 0 Å². The fourth-order valence-electron chi connectivity index (χ4n) is 1.13. The van der Waals surface area contributed by atoms with Gasteiger partial charge >= 0.3 is 0 Å². The molecule has 0 saturated heterocycles. The van der Waals surface area contributed by atoms with Crippen LogP contribution in [0.3, 0.4) is 0 Å². The second-order valence-electron chi connectivity index (χ2n) is 3.18. The normalized spacial score (nSPS) is 10.0. The van der Waals surface area contributed by atoms with Crippen LogP contribution in [0.2, 0.25) is 0 Å². The molecule has 0 amide bonds. The maximum atomic E-state index is 10.7. The third kappa shape index (κ3) is 3.38. The van der Waals surface area contributed by atoms with E-state index in [0.717, 1.165) is 17.5 Å². The Labute approximate surface area is 78.2 Å². The van der Waals surface area contributed by atoms with E-state index in [1.807, 2.05) is 24.3 Å². The predicted octanol–water partition coefficient (Wildman–Crippen LogP) is 1.70. The Morgan fingerprint density at radius 2 is 1.77 bits per heavy atom. The summed E-state index contributed by atoms with van der Waals surface area (Å²) in [6.45, 7) is 1.68. The second-order valence-corrected chi connectivity index (χ2v) is 3.18. The average molecular weight is 178 g/mol. The van der Waals surface area contributed by atoms with Crippen LogP contribution in [-0.2, 0) is 17.8 Å². The number of hydrogen-bond acceptors (Lipinski definition) is 2. The minimum atomic E-state index is 0.0764. The van der Waals surface area contributed by atoms with Crippen molar-refractivity contribution in [3.8, 4) is 0 Å². The van der Waals surface area contributed by atoms with E-state index in [0.29, 0.717) is 6.42 Å². The van der Waals surface area contributed by atoms with E-state index < -0.39 is 0 Å². The number of aliphatic hydroxyl groups excluding tert-OH is 1. The number of carbonyl (C=O) groups excluding carboxylic acids is 1. The molecule has 13 heavy (non-hydrogen) atoms. The Morgan fingerprint density at radius 1 is 1.23 bits per heavy atom. The lowest BCUT2D eigenvalue weighted by molar-refractivity contribution is -0.116. The third-order valence-corrected chi connectivity index (χ3v) is 1.97. The molecule has 0 heterocycles. The molecule has 0 aliphatic carbocycles. The van der Waals surface area contributed by atoms with Crippen molar-refractivity contribution < 1.29 is 9.90 Å². The molecule has 2 heteroatoms. The van der Waals surface area contributed by atoms with Crippen LogP contribution in [0, 0.1) is 0 Å². The van der Waals surface area contributed by atoms with E-state index >= 15 is 0 Å². The minimum absolute atomic E-state index is 0.0764. The molecule has 0 unspecified atom stereocenters. The molecule has 0 bridgehead atoms. The van der Waals surface area contributed by atoms with Crippen LogP contribution in [0.1, 0.15) is 24.5 Å².